The number of alkyl halides is 3. The van der Waals surface area contributed by atoms with Gasteiger partial charge in [-0.2, -0.15) is 13.2 Å². The molecular formula is C34H49F3N2O9. The van der Waals surface area contributed by atoms with Crippen molar-refractivity contribution in [3.05, 3.63) is 64.2 Å². The van der Waals surface area contributed by atoms with Gasteiger partial charge in [0.05, 0.1) is 31.0 Å². The second-order valence-corrected chi connectivity index (χ2v) is 12.6. The van der Waals surface area contributed by atoms with E-state index in [1.54, 1.807) is 6.08 Å². The lowest BCUT2D eigenvalue weighted by Crippen LogP contribution is -2.35. The Morgan fingerprint density at radius 2 is 1.88 bits per heavy atom. The van der Waals surface area contributed by atoms with Gasteiger partial charge in [-0.3, -0.25) is 4.79 Å². The zero-order chi connectivity index (χ0) is 34.9. The highest BCUT2D eigenvalue weighted by molar-refractivity contribution is 5.69. The summed E-state index contributed by atoms with van der Waals surface area (Å²) in [6, 6.07) is 4.39. The van der Waals surface area contributed by atoms with Crippen LogP contribution in [0, 0.1) is 27.9 Å². The molecule has 0 unspecified atom stereocenters. The molecular weight excluding hydrogens is 637 g/mol. The Morgan fingerprint density at radius 3 is 2.60 bits per heavy atom. The van der Waals surface area contributed by atoms with Gasteiger partial charge in [0.25, 0.3) is 5.09 Å². The molecule has 11 nitrogen and oxygen atoms in total. The average Bonchev–Trinajstić information content (AvgIpc) is 3.32. The summed E-state index contributed by atoms with van der Waals surface area (Å²) in [5.74, 6) is -0.402. The summed E-state index contributed by atoms with van der Waals surface area (Å²) < 4.78 is 49.4. The minimum absolute atomic E-state index is 0.0212. The molecule has 48 heavy (non-hydrogen) atoms. The molecule has 2 fully saturated rings. The van der Waals surface area contributed by atoms with E-state index in [1.807, 2.05) is 12.2 Å². The lowest BCUT2D eigenvalue weighted by molar-refractivity contribution is -0.757. The molecule has 270 valence electrons. The van der Waals surface area contributed by atoms with Crippen molar-refractivity contribution in [2.75, 3.05) is 39.5 Å². The van der Waals surface area contributed by atoms with Gasteiger partial charge in [-0.15, -0.1) is 10.1 Å². The first-order valence-corrected chi connectivity index (χ1v) is 16.7. The molecule has 1 saturated carbocycles. The van der Waals surface area contributed by atoms with Gasteiger partial charge in [-0.1, -0.05) is 30.4 Å². The second kappa shape index (κ2) is 20.3. The van der Waals surface area contributed by atoms with E-state index in [1.165, 1.54) is 18.2 Å². The topological polar surface area (TPSA) is 152 Å². The van der Waals surface area contributed by atoms with Crippen LogP contribution >= 0.6 is 0 Å². The number of unbranched alkanes of at least 4 members (excludes halogenated alkanes) is 1. The summed E-state index contributed by atoms with van der Waals surface area (Å²) >= 11 is 0. The number of aliphatic hydroxyl groups excluding tert-OH is 3. The van der Waals surface area contributed by atoms with E-state index >= 15 is 0 Å². The lowest BCUT2D eigenvalue weighted by atomic mass is 9.89. The predicted octanol–water partition coefficient (Wildman–Crippen LogP) is 5.11. The van der Waals surface area contributed by atoms with E-state index in [9.17, 15) is 43.4 Å². The Labute approximate surface area is 279 Å². The van der Waals surface area contributed by atoms with Crippen LogP contribution in [0.4, 0.5) is 13.2 Å². The quantitative estimate of drug-likeness (QED) is 0.0555. The second-order valence-electron chi connectivity index (χ2n) is 12.6. The van der Waals surface area contributed by atoms with Crippen LogP contribution in [-0.2, 0) is 20.5 Å². The molecule has 3 rings (SSSR count). The molecule has 14 heteroatoms. The molecule has 0 radical (unpaired) electrons. The number of benzene rings is 1. The van der Waals surface area contributed by atoms with Gasteiger partial charge in [-0.05, 0) is 94.5 Å². The lowest BCUT2D eigenvalue weighted by Gasteiger charge is -2.31. The highest BCUT2D eigenvalue weighted by Crippen LogP contribution is 2.36. The molecule has 0 amide bonds. The summed E-state index contributed by atoms with van der Waals surface area (Å²) in [6.07, 6.45) is 6.46. The maximum absolute atomic E-state index is 12.9. The van der Waals surface area contributed by atoms with E-state index in [0.29, 0.717) is 44.6 Å². The molecule has 1 aliphatic carbocycles. The number of hydrogen-bond acceptors (Lipinski definition) is 10. The van der Waals surface area contributed by atoms with Gasteiger partial charge < -0.3 is 34.5 Å². The fourth-order valence-corrected chi connectivity index (χ4v) is 6.25. The Bertz CT molecular complexity index is 1170. The number of ether oxygens (including phenoxy) is 2. The number of halogens is 3. The van der Waals surface area contributed by atoms with Gasteiger partial charge in [-0.25, -0.2) is 0 Å². The van der Waals surface area contributed by atoms with Crippen LogP contribution in [0.25, 0.3) is 0 Å². The number of piperidine rings is 1. The summed E-state index contributed by atoms with van der Waals surface area (Å²) in [7, 11) is 0. The molecule has 1 aliphatic heterocycles. The standard InChI is InChI=1S/C34H49F3N2O9/c35-34(36,37)26-9-5-10-28(22-26)47-24-27(40)13-14-30-29(31(41)23-32(30)42)11-3-1-2-4-12-33(43)46-20-7-17-38-18-15-25(16-19-38)8-6-21-48-39(44)45/h1,3,5,9-10,13-14,22,25,27,29-32,40-42H,2,4,6-8,11-12,15-21,23-24H2/t27-,29-,30-,31+,32-/m1/s1. The minimum Gasteiger partial charge on any atom is -0.491 e. The molecule has 1 saturated heterocycles. The van der Waals surface area contributed by atoms with Crippen molar-refractivity contribution in [3.8, 4) is 5.75 Å². The van der Waals surface area contributed by atoms with Crippen LogP contribution in [-0.4, -0.2) is 89.0 Å². The van der Waals surface area contributed by atoms with Crippen molar-refractivity contribution >= 4 is 5.97 Å². The van der Waals surface area contributed by atoms with Crippen LogP contribution in [0.2, 0.25) is 0 Å². The molecule has 1 heterocycles. The van der Waals surface area contributed by atoms with E-state index in [-0.39, 0.29) is 37.3 Å². The third kappa shape index (κ3) is 14.5. The van der Waals surface area contributed by atoms with Crippen molar-refractivity contribution in [2.45, 2.75) is 88.7 Å². The van der Waals surface area contributed by atoms with Crippen LogP contribution in [0.5, 0.6) is 5.75 Å². The molecule has 1 aromatic carbocycles. The largest absolute Gasteiger partial charge is 0.491 e. The highest BCUT2D eigenvalue weighted by atomic mass is 19.4. The van der Waals surface area contributed by atoms with Gasteiger partial charge in [0.1, 0.15) is 18.5 Å². The number of hydrogen-bond donors (Lipinski definition) is 3. The number of esters is 1. The molecule has 3 N–H and O–H groups in total. The number of allylic oxidation sites excluding steroid dienone is 2. The van der Waals surface area contributed by atoms with Crippen LogP contribution in [0.15, 0.2) is 48.6 Å². The van der Waals surface area contributed by atoms with Crippen molar-refractivity contribution in [3.63, 3.8) is 0 Å². The number of nitrogens with zero attached hydrogens (tertiary/aromatic N) is 2. The third-order valence-corrected chi connectivity index (χ3v) is 8.92. The van der Waals surface area contributed by atoms with Crippen LogP contribution < -0.4 is 4.74 Å². The van der Waals surface area contributed by atoms with Crippen molar-refractivity contribution < 1.29 is 52.7 Å². The van der Waals surface area contributed by atoms with Gasteiger partial charge in [0.2, 0.25) is 0 Å². The fourth-order valence-electron chi connectivity index (χ4n) is 6.25. The SMILES string of the molecule is O=C(CCCC=CC[C@@H]1[C@@H](C=C[C@@H](O)COc2cccc(C(F)(F)F)c2)[C@H](O)C[C@@H]1O)OCCCN1CCC(CCCO[N+](=O)[O-])CC1. The minimum atomic E-state index is -4.50. The van der Waals surface area contributed by atoms with Gasteiger partial charge in [0.15, 0.2) is 0 Å². The number of aliphatic hydroxyl groups is 3. The molecule has 0 aromatic heterocycles. The Morgan fingerprint density at radius 1 is 1.10 bits per heavy atom. The Kier molecular flexibility index (Phi) is 16.6. The normalized spacial score (nSPS) is 23.1. The molecule has 0 bridgehead atoms. The van der Waals surface area contributed by atoms with Gasteiger partial charge >= 0.3 is 12.1 Å². The van der Waals surface area contributed by atoms with E-state index in [2.05, 4.69) is 9.74 Å². The van der Waals surface area contributed by atoms with Crippen molar-refractivity contribution in [1.29, 1.82) is 0 Å². The monoisotopic (exact) mass is 686 g/mol. The highest BCUT2D eigenvalue weighted by Gasteiger charge is 2.39. The summed E-state index contributed by atoms with van der Waals surface area (Å²) in [5, 5.41) is 40.7. The number of likely N-dealkylation sites (tertiary alicyclic amines) is 1. The average molecular weight is 687 g/mol. The number of rotatable bonds is 20. The summed E-state index contributed by atoms with van der Waals surface area (Å²) in [4.78, 5) is 29.1. The van der Waals surface area contributed by atoms with E-state index in [0.717, 1.165) is 57.5 Å². The summed E-state index contributed by atoms with van der Waals surface area (Å²) in [6.45, 7) is 3.04. The smallest absolute Gasteiger partial charge is 0.416 e. The predicted molar refractivity (Wildman–Crippen MR) is 170 cm³/mol. The fraction of sp³-hybridized carbons (Fsp3) is 0.676. The molecule has 5 atom stereocenters. The van der Waals surface area contributed by atoms with Crippen LogP contribution in [0.1, 0.15) is 69.8 Å². The zero-order valence-electron chi connectivity index (χ0n) is 27.2. The molecule has 2 aliphatic rings. The van der Waals surface area contributed by atoms with Gasteiger partial charge in [0, 0.05) is 25.3 Å². The first-order valence-electron chi connectivity index (χ1n) is 16.7. The first kappa shape index (κ1) is 39.2. The molecule has 0 spiro atoms. The van der Waals surface area contributed by atoms with E-state index in [4.69, 9.17) is 9.47 Å². The zero-order valence-corrected chi connectivity index (χ0v) is 27.2. The van der Waals surface area contributed by atoms with Crippen molar-refractivity contribution in [1.82, 2.24) is 4.90 Å². The number of carbonyl (C=O) groups excluding carboxylic acids is 1. The Balaban J connectivity index is 1.26. The van der Waals surface area contributed by atoms with Crippen molar-refractivity contribution in [2.24, 2.45) is 17.8 Å². The maximum Gasteiger partial charge on any atom is 0.416 e. The third-order valence-electron chi connectivity index (χ3n) is 8.92. The molecule has 1 aromatic rings. The van der Waals surface area contributed by atoms with Crippen LogP contribution in [0.3, 0.4) is 0 Å². The van der Waals surface area contributed by atoms with E-state index < -0.39 is 41.1 Å². The Hall–Kier alpha value is -3.20. The first-order chi connectivity index (χ1) is 22.9. The summed E-state index contributed by atoms with van der Waals surface area (Å²) in [5.41, 5.74) is -0.848. The number of carbonyl (C=O) groups is 1. The maximum atomic E-state index is 12.9.